The molecule has 5 heteroatoms. The predicted molar refractivity (Wildman–Crippen MR) is 73.4 cm³/mol. The number of likely N-dealkylation sites (N-methyl/N-ethyl adjacent to an activating group) is 2. The lowest BCUT2D eigenvalue weighted by Gasteiger charge is -2.16. The maximum absolute atomic E-state index is 11.4. The molecule has 1 aromatic rings. The highest BCUT2D eigenvalue weighted by Crippen LogP contribution is 2.08. The lowest BCUT2D eigenvalue weighted by atomic mass is 10.2. The van der Waals surface area contributed by atoms with E-state index in [0.717, 1.165) is 24.5 Å². The number of aromatic nitrogens is 1. The Bertz CT molecular complexity index is 381. The SMILES string of the molecule is CCNC(=O)CN(C)Cc1ccnc(NCC)c1. The maximum Gasteiger partial charge on any atom is 0.234 e. The third-order valence-corrected chi connectivity index (χ3v) is 2.42. The van der Waals surface area contributed by atoms with Crippen molar-refractivity contribution in [2.24, 2.45) is 0 Å². The molecule has 1 amide bonds. The second-order valence-electron chi connectivity index (χ2n) is 4.21. The highest BCUT2D eigenvalue weighted by molar-refractivity contribution is 5.77. The zero-order chi connectivity index (χ0) is 13.4. The van der Waals surface area contributed by atoms with Crippen molar-refractivity contribution in [3.8, 4) is 0 Å². The number of hydrogen-bond acceptors (Lipinski definition) is 4. The van der Waals surface area contributed by atoms with Gasteiger partial charge in [0.25, 0.3) is 0 Å². The number of amides is 1. The van der Waals surface area contributed by atoms with Crippen LogP contribution in [-0.2, 0) is 11.3 Å². The van der Waals surface area contributed by atoms with Crippen LogP contribution in [0, 0.1) is 0 Å². The van der Waals surface area contributed by atoms with Gasteiger partial charge in [0.05, 0.1) is 6.54 Å². The Morgan fingerprint density at radius 1 is 1.39 bits per heavy atom. The lowest BCUT2D eigenvalue weighted by molar-refractivity contribution is -0.121. The molecule has 18 heavy (non-hydrogen) atoms. The fraction of sp³-hybridized carbons (Fsp3) is 0.538. The molecule has 1 aromatic heterocycles. The van der Waals surface area contributed by atoms with E-state index in [1.807, 2.05) is 37.9 Å². The number of carbonyl (C=O) groups excluding carboxylic acids is 1. The summed E-state index contributed by atoms with van der Waals surface area (Å²) in [4.78, 5) is 17.6. The Balaban J connectivity index is 2.50. The first-order valence-corrected chi connectivity index (χ1v) is 6.29. The molecule has 2 N–H and O–H groups in total. The van der Waals surface area contributed by atoms with E-state index in [4.69, 9.17) is 0 Å². The molecule has 0 bridgehead atoms. The standard InChI is InChI=1S/C13H22N4O/c1-4-14-12-8-11(6-7-16-12)9-17(3)10-13(18)15-5-2/h6-8H,4-5,9-10H2,1-3H3,(H,14,16)(H,15,18). The molecular formula is C13H22N4O. The van der Waals surface area contributed by atoms with Gasteiger partial charge >= 0.3 is 0 Å². The van der Waals surface area contributed by atoms with Gasteiger partial charge in [-0.05, 0) is 38.6 Å². The first-order valence-electron chi connectivity index (χ1n) is 6.29. The van der Waals surface area contributed by atoms with E-state index in [2.05, 4.69) is 15.6 Å². The Hall–Kier alpha value is -1.62. The molecule has 0 aliphatic heterocycles. The Morgan fingerprint density at radius 2 is 2.17 bits per heavy atom. The second-order valence-corrected chi connectivity index (χ2v) is 4.21. The molecule has 5 nitrogen and oxygen atoms in total. The van der Waals surface area contributed by atoms with Crippen LogP contribution in [0.3, 0.4) is 0 Å². The molecule has 0 saturated heterocycles. The van der Waals surface area contributed by atoms with Gasteiger partial charge < -0.3 is 10.6 Å². The topological polar surface area (TPSA) is 57.3 Å². The summed E-state index contributed by atoms with van der Waals surface area (Å²) in [7, 11) is 1.93. The largest absolute Gasteiger partial charge is 0.370 e. The van der Waals surface area contributed by atoms with Gasteiger partial charge in [0, 0.05) is 25.8 Å². The molecule has 100 valence electrons. The van der Waals surface area contributed by atoms with Gasteiger partial charge in [-0.3, -0.25) is 9.69 Å². The monoisotopic (exact) mass is 250 g/mol. The van der Waals surface area contributed by atoms with Gasteiger partial charge in [0.2, 0.25) is 5.91 Å². The van der Waals surface area contributed by atoms with E-state index in [0.29, 0.717) is 13.1 Å². The second kappa shape index (κ2) is 7.66. The molecule has 0 spiro atoms. The maximum atomic E-state index is 11.4. The minimum atomic E-state index is 0.0564. The minimum absolute atomic E-state index is 0.0564. The average molecular weight is 250 g/mol. The number of nitrogens with zero attached hydrogens (tertiary/aromatic N) is 2. The van der Waals surface area contributed by atoms with Crippen molar-refractivity contribution in [2.75, 3.05) is 32.0 Å². The third-order valence-electron chi connectivity index (χ3n) is 2.42. The summed E-state index contributed by atoms with van der Waals surface area (Å²) < 4.78 is 0. The summed E-state index contributed by atoms with van der Waals surface area (Å²) in [6, 6.07) is 3.98. The average Bonchev–Trinajstić information content (AvgIpc) is 2.29. The summed E-state index contributed by atoms with van der Waals surface area (Å²) in [5.41, 5.74) is 1.15. The molecule has 0 fully saturated rings. The number of rotatable bonds is 7. The van der Waals surface area contributed by atoms with Gasteiger partial charge in [-0.15, -0.1) is 0 Å². The molecule has 0 saturated carbocycles. The van der Waals surface area contributed by atoms with Crippen LogP contribution in [0.15, 0.2) is 18.3 Å². The Morgan fingerprint density at radius 3 is 2.83 bits per heavy atom. The van der Waals surface area contributed by atoms with Crippen molar-refractivity contribution >= 4 is 11.7 Å². The van der Waals surface area contributed by atoms with Crippen molar-refractivity contribution in [3.63, 3.8) is 0 Å². The van der Waals surface area contributed by atoms with Crippen LogP contribution in [-0.4, -0.2) is 42.5 Å². The number of anilines is 1. The number of pyridine rings is 1. The van der Waals surface area contributed by atoms with Gasteiger partial charge in [0.15, 0.2) is 0 Å². The van der Waals surface area contributed by atoms with Gasteiger partial charge in [-0.2, -0.15) is 0 Å². The number of carbonyl (C=O) groups is 1. The van der Waals surface area contributed by atoms with Gasteiger partial charge in [-0.1, -0.05) is 0 Å². The minimum Gasteiger partial charge on any atom is -0.370 e. The zero-order valence-electron chi connectivity index (χ0n) is 11.4. The summed E-state index contributed by atoms with van der Waals surface area (Å²) >= 11 is 0. The predicted octanol–water partition coefficient (Wildman–Crippen LogP) is 1.08. The molecule has 1 rings (SSSR count). The Kier molecular flexibility index (Phi) is 6.14. The molecule has 0 atom stereocenters. The van der Waals surface area contributed by atoms with E-state index in [-0.39, 0.29) is 5.91 Å². The smallest absolute Gasteiger partial charge is 0.234 e. The van der Waals surface area contributed by atoms with Crippen LogP contribution < -0.4 is 10.6 Å². The summed E-state index contributed by atoms with van der Waals surface area (Å²) in [5.74, 6) is 0.933. The fourth-order valence-corrected chi connectivity index (χ4v) is 1.72. The molecule has 0 radical (unpaired) electrons. The first kappa shape index (κ1) is 14.4. The molecule has 0 aliphatic rings. The number of nitrogens with one attached hydrogen (secondary N) is 2. The van der Waals surface area contributed by atoms with Crippen LogP contribution in [0.1, 0.15) is 19.4 Å². The van der Waals surface area contributed by atoms with E-state index in [9.17, 15) is 4.79 Å². The van der Waals surface area contributed by atoms with Gasteiger partial charge in [-0.25, -0.2) is 4.98 Å². The van der Waals surface area contributed by atoms with E-state index in [1.54, 1.807) is 6.20 Å². The van der Waals surface area contributed by atoms with Crippen LogP contribution in [0.25, 0.3) is 0 Å². The van der Waals surface area contributed by atoms with E-state index in [1.165, 1.54) is 0 Å². The zero-order valence-corrected chi connectivity index (χ0v) is 11.4. The van der Waals surface area contributed by atoms with Gasteiger partial charge in [0.1, 0.15) is 5.82 Å². The highest BCUT2D eigenvalue weighted by Gasteiger charge is 2.06. The van der Waals surface area contributed by atoms with Crippen molar-refractivity contribution in [1.82, 2.24) is 15.2 Å². The quantitative estimate of drug-likeness (QED) is 0.760. The molecule has 0 aromatic carbocycles. The highest BCUT2D eigenvalue weighted by atomic mass is 16.1. The molecular weight excluding hydrogens is 228 g/mol. The van der Waals surface area contributed by atoms with E-state index >= 15 is 0 Å². The van der Waals surface area contributed by atoms with Crippen LogP contribution in [0.2, 0.25) is 0 Å². The third kappa shape index (κ3) is 5.14. The van der Waals surface area contributed by atoms with Crippen molar-refractivity contribution in [1.29, 1.82) is 0 Å². The van der Waals surface area contributed by atoms with E-state index < -0.39 is 0 Å². The van der Waals surface area contributed by atoms with Crippen molar-refractivity contribution in [3.05, 3.63) is 23.9 Å². The molecule has 0 aliphatic carbocycles. The normalized spacial score (nSPS) is 10.4. The Labute approximate surface area is 109 Å². The molecule has 1 heterocycles. The number of hydrogen-bond donors (Lipinski definition) is 2. The van der Waals surface area contributed by atoms with Crippen molar-refractivity contribution in [2.45, 2.75) is 20.4 Å². The first-order chi connectivity index (χ1) is 8.65. The van der Waals surface area contributed by atoms with Crippen molar-refractivity contribution < 1.29 is 4.79 Å². The fourth-order valence-electron chi connectivity index (χ4n) is 1.72. The van der Waals surface area contributed by atoms with Crippen LogP contribution >= 0.6 is 0 Å². The lowest BCUT2D eigenvalue weighted by Crippen LogP contribution is -2.34. The van der Waals surface area contributed by atoms with Crippen LogP contribution in [0.5, 0.6) is 0 Å². The summed E-state index contributed by atoms with van der Waals surface area (Å²) in [5, 5.41) is 5.96. The van der Waals surface area contributed by atoms with Crippen LogP contribution in [0.4, 0.5) is 5.82 Å². The summed E-state index contributed by atoms with van der Waals surface area (Å²) in [6.07, 6.45) is 1.79. The summed E-state index contributed by atoms with van der Waals surface area (Å²) in [6.45, 7) is 6.63. The molecule has 0 unspecified atom stereocenters.